The van der Waals surface area contributed by atoms with Crippen LogP contribution >= 0.6 is 0 Å². The standard InChI is InChI=1S/C9H9FN2O/c10-7-2-1-6-4-12(5-11)9(13)8(6)3-7/h1-3H,4-5,11H2. The molecule has 4 heteroatoms. The normalized spacial score (nSPS) is 14.9. The lowest BCUT2D eigenvalue weighted by atomic mass is 10.1. The van der Waals surface area contributed by atoms with E-state index in [1.54, 1.807) is 6.07 Å². The Morgan fingerprint density at radius 2 is 2.31 bits per heavy atom. The first kappa shape index (κ1) is 8.19. The molecule has 0 unspecified atom stereocenters. The second kappa shape index (κ2) is 2.81. The van der Waals surface area contributed by atoms with Crippen LogP contribution in [0, 0.1) is 5.82 Å². The molecule has 0 radical (unpaired) electrons. The first-order chi connectivity index (χ1) is 6.22. The van der Waals surface area contributed by atoms with Crippen LogP contribution in [0.15, 0.2) is 18.2 Å². The third-order valence-electron chi connectivity index (χ3n) is 2.17. The largest absolute Gasteiger partial charge is 0.322 e. The summed E-state index contributed by atoms with van der Waals surface area (Å²) in [5.41, 5.74) is 6.63. The predicted molar refractivity (Wildman–Crippen MR) is 45.3 cm³/mol. The fourth-order valence-corrected chi connectivity index (χ4v) is 1.48. The van der Waals surface area contributed by atoms with Crippen molar-refractivity contribution in [3.05, 3.63) is 35.1 Å². The summed E-state index contributed by atoms with van der Waals surface area (Å²) < 4.78 is 12.8. The van der Waals surface area contributed by atoms with Gasteiger partial charge in [0.05, 0.1) is 6.67 Å². The van der Waals surface area contributed by atoms with E-state index in [1.165, 1.54) is 17.0 Å². The van der Waals surface area contributed by atoms with E-state index < -0.39 is 0 Å². The molecule has 2 N–H and O–H groups in total. The monoisotopic (exact) mass is 180 g/mol. The van der Waals surface area contributed by atoms with Crippen LogP contribution in [0.1, 0.15) is 15.9 Å². The van der Waals surface area contributed by atoms with Crippen LogP contribution in [0.2, 0.25) is 0 Å². The maximum Gasteiger partial charge on any atom is 0.255 e. The Bertz CT molecular complexity index is 365. The van der Waals surface area contributed by atoms with Gasteiger partial charge in [0.2, 0.25) is 0 Å². The summed E-state index contributed by atoms with van der Waals surface area (Å²) in [5, 5.41) is 0. The van der Waals surface area contributed by atoms with Gasteiger partial charge in [-0.25, -0.2) is 4.39 Å². The van der Waals surface area contributed by atoms with Gasteiger partial charge < -0.3 is 10.6 Å². The molecule has 13 heavy (non-hydrogen) atoms. The van der Waals surface area contributed by atoms with Crippen LogP contribution < -0.4 is 5.73 Å². The van der Waals surface area contributed by atoms with Crippen LogP contribution in [0.5, 0.6) is 0 Å². The average Bonchev–Trinajstić information content (AvgIpc) is 2.44. The third-order valence-corrected chi connectivity index (χ3v) is 2.17. The van der Waals surface area contributed by atoms with Crippen molar-refractivity contribution in [1.82, 2.24) is 4.90 Å². The quantitative estimate of drug-likeness (QED) is 0.691. The van der Waals surface area contributed by atoms with Gasteiger partial charge in [0.1, 0.15) is 5.82 Å². The predicted octanol–water partition coefficient (Wildman–Crippen LogP) is 0.698. The van der Waals surface area contributed by atoms with E-state index in [4.69, 9.17) is 5.73 Å². The maximum atomic E-state index is 12.8. The zero-order chi connectivity index (χ0) is 9.42. The van der Waals surface area contributed by atoms with Crippen LogP contribution in [0.3, 0.4) is 0 Å². The van der Waals surface area contributed by atoms with Crippen molar-refractivity contribution in [3.8, 4) is 0 Å². The van der Waals surface area contributed by atoms with E-state index in [1.807, 2.05) is 0 Å². The van der Waals surface area contributed by atoms with Gasteiger partial charge in [-0.2, -0.15) is 0 Å². The molecule has 1 heterocycles. The van der Waals surface area contributed by atoms with Gasteiger partial charge in [-0.1, -0.05) is 6.07 Å². The molecule has 1 aliphatic heterocycles. The number of halogens is 1. The lowest BCUT2D eigenvalue weighted by molar-refractivity contribution is 0.0782. The molecule has 1 aromatic carbocycles. The second-order valence-corrected chi connectivity index (χ2v) is 2.99. The van der Waals surface area contributed by atoms with Crippen LogP contribution in [0.4, 0.5) is 4.39 Å². The molecule has 0 saturated heterocycles. The van der Waals surface area contributed by atoms with Crippen LogP contribution in [-0.2, 0) is 6.54 Å². The summed E-state index contributed by atoms with van der Waals surface area (Å²) in [7, 11) is 0. The molecule has 1 amide bonds. The fourth-order valence-electron chi connectivity index (χ4n) is 1.48. The minimum absolute atomic E-state index is 0.176. The van der Waals surface area contributed by atoms with Gasteiger partial charge in [-0.3, -0.25) is 4.79 Å². The number of carbonyl (C=O) groups excluding carboxylic acids is 1. The van der Waals surface area contributed by atoms with Crippen molar-refractivity contribution in [2.24, 2.45) is 5.73 Å². The smallest absolute Gasteiger partial charge is 0.255 e. The number of rotatable bonds is 1. The first-order valence-corrected chi connectivity index (χ1v) is 4.00. The van der Waals surface area contributed by atoms with Crippen molar-refractivity contribution < 1.29 is 9.18 Å². The number of nitrogens with zero attached hydrogens (tertiary/aromatic N) is 1. The van der Waals surface area contributed by atoms with Crippen LogP contribution in [-0.4, -0.2) is 17.5 Å². The highest BCUT2D eigenvalue weighted by molar-refractivity contribution is 5.98. The number of benzene rings is 1. The molecule has 0 spiro atoms. The average molecular weight is 180 g/mol. The molecule has 0 aromatic heterocycles. The van der Waals surface area contributed by atoms with Gasteiger partial charge >= 0.3 is 0 Å². The van der Waals surface area contributed by atoms with Crippen molar-refractivity contribution in [1.29, 1.82) is 0 Å². The number of amides is 1. The number of hydrogen-bond donors (Lipinski definition) is 1. The summed E-state index contributed by atoms with van der Waals surface area (Å²) in [5.74, 6) is -0.567. The molecule has 0 atom stereocenters. The Morgan fingerprint density at radius 3 is 3.00 bits per heavy atom. The molecular weight excluding hydrogens is 171 g/mol. The molecule has 1 aromatic rings. The SMILES string of the molecule is NCN1Cc2ccc(F)cc2C1=O. The van der Waals surface area contributed by atoms with E-state index in [0.717, 1.165) is 5.56 Å². The minimum Gasteiger partial charge on any atom is -0.322 e. The minimum atomic E-state index is -0.383. The Hall–Kier alpha value is -1.42. The number of carbonyl (C=O) groups is 1. The van der Waals surface area contributed by atoms with Gasteiger partial charge in [-0.15, -0.1) is 0 Å². The molecular formula is C9H9FN2O. The molecule has 0 fully saturated rings. The molecule has 68 valence electrons. The highest BCUT2D eigenvalue weighted by Crippen LogP contribution is 2.22. The lowest BCUT2D eigenvalue weighted by Gasteiger charge is -2.10. The fraction of sp³-hybridized carbons (Fsp3) is 0.222. The third kappa shape index (κ3) is 1.19. The molecule has 0 bridgehead atoms. The summed E-state index contributed by atoms with van der Waals surface area (Å²) in [6, 6.07) is 4.23. The van der Waals surface area contributed by atoms with E-state index in [-0.39, 0.29) is 18.4 Å². The Morgan fingerprint density at radius 1 is 1.54 bits per heavy atom. The van der Waals surface area contributed by atoms with Crippen molar-refractivity contribution in [2.45, 2.75) is 6.54 Å². The Balaban J connectivity index is 2.45. The summed E-state index contributed by atoms with van der Waals surface area (Å²) in [4.78, 5) is 12.9. The van der Waals surface area contributed by atoms with Gasteiger partial charge in [-0.05, 0) is 17.7 Å². The lowest BCUT2D eigenvalue weighted by Crippen LogP contribution is -2.29. The molecule has 2 rings (SSSR count). The maximum absolute atomic E-state index is 12.8. The van der Waals surface area contributed by atoms with Crippen molar-refractivity contribution in [2.75, 3.05) is 6.67 Å². The van der Waals surface area contributed by atoms with Gasteiger partial charge in [0.15, 0.2) is 0 Å². The van der Waals surface area contributed by atoms with E-state index >= 15 is 0 Å². The second-order valence-electron chi connectivity index (χ2n) is 2.99. The van der Waals surface area contributed by atoms with E-state index in [0.29, 0.717) is 12.1 Å². The highest BCUT2D eigenvalue weighted by atomic mass is 19.1. The summed E-state index contributed by atoms with van der Waals surface area (Å²) in [6.07, 6.45) is 0. The van der Waals surface area contributed by atoms with Crippen molar-refractivity contribution in [3.63, 3.8) is 0 Å². The van der Waals surface area contributed by atoms with E-state index in [2.05, 4.69) is 0 Å². The molecule has 1 aliphatic rings. The number of fused-ring (bicyclic) bond motifs is 1. The first-order valence-electron chi connectivity index (χ1n) is 4.00. The summed E-state index contributed by atoms with van der Waals surface area (Å²) in [6.45, 7) is 0.667. The summed E-state index contributed by atoms with van der Waals surface area (Å²) >= 11 is 0. The van der Waals surface area contributed by atoms with Crippen molar-refractivity contribution >= 4 is 5.91 Å². The Kier molecular flexibility index (Phi) is 1.77. The van der Waals surface area contributed by atoms with Gasteiger partial charge in [0, 0.05) is 12.1 Å². The zero-order valence-electron chi connectivity index (χ0n) is 6.96. The number of nitrogens with two attached hydrogens (primary N) is 1. The van der Waals surface area contributed by atoms with E-state index in [9.17, 15) is 9.18 Å². The Labute approximate surface area is 74.9 Å². The topological polar surface area (TPSA) is 46.3 Å². The van der Waals surface area contributed by atoms with Crippen LogP contribution in [0.25, 0.3) is 0 Å². The number of hydrogen-bond acceptors (Lipinski definition) is 2. The molecule has 3 nitrogen and oxygen atoms in total. The molecule has 0 saturated carbocycles. The highest BCUT2D eigenvalue weighted by Gasteiger charge is 2.26. The van der Waals surface area contributed by atoms with Gasteiger partial charge in [0.25, 0.3) is 5.91 Å². The molecule has 0 aliphatic carbocycles. The zero-order valence-corrected chi connectivity index (χ0v) is 6.96.